The number of hydrogen-bond acceptors (Lipinski definition) is 5. The summed E-state index contributed by atoms with van der Waals surface area (Å²) in [5.41, 5.74) is 2.83. The molecular weight excluding hydrogens is 394 g/mol. The van der Waals surface area contributed by atoms with Crippen LogP contribution in [0.1, 0.15) is 29.0 Å². The summed E-state index contributed by atoms with van der Waals surface area (Å²) in [6, 6.07) is 19.8. The Bertz CT molecular complexity index is 1050. The summed E-state index contributed by atoms with van der Waals surface area (Å²) in [7, 11) is 1.65. The van der Waals surface area contributed by atoms with Gasteiger partial charge in [0.1, 0.15) is 11.8 Å². The smallest absolute Gasteiger partial charge is 0.137 e. The van der Waals surface area contributed by atoms with E-state index in [0.717, 1.165) is 33.2 Å². The Hall–Kier alpha value is -3.09. The van der Waals surface area contributed by atoms with Gasteiger partial charge in [0.2, 0.25) is 0 Å². The average Bonchev–Trinajstić information content (AvgIpc) is 2.82. The first-order valence-electron chi connectivity index (χ1n) is 10.4. The third-order valence-electron chi connectivity index (χ3n) is 6.03. The fourth-order valence-electron chi connectivity index (χ4n) is 4.34. The van der Waals surface area contributed by atoms with Crippen LogP contribution in [0.25, 0.3) is 10.8 Å². The third kappa shape index (κ3) is 4.50. The highest BCUT2D eigenvalue weighted by Crippen LogP contribution is 2.34. The van der Waals surface area contributed by atoms with Gasteiger partial charge in [0.15, 0.2) is 0 Å². The SMILES string of the molecule is COc1c(COC2CN(C(=O)[O-])CCC2c2ccc(CO)cc2)ccc2ccccc12. The number of aliphatic hydroxyl groups is 1. The number of aliphatic hydroxyl groups excluding tert-OH is 1. The second kappa shape index (κ2) is 9.37. The maximum Gasteiger partial charge on any atom is 0.137 e. The molecule has 1 aliphatic heterocycles. The number of amides is 1. The van der Waals surface area contributed by atoms with E-state index in [2.05, 4.69) is 0 Å². The number of ether oxygens (including phenoxy) is 2. The van der Waals surface area contributed by atoms with Crippen LogP contribution in [0.4, 0.5) is 4.79 Å². The lowest BCUT2D eigenvalue weighted by molar-refractivity contribution is -0.268. The molecule has 6 nitrogen and oxygen atoms in total. The van der Waals surface area contributed by atoms with E-state index in [4.69, 9.17) is 9.47 Å². The van der Waals surface area contributed by atoms with Crippen molar-refractivity contribution >= 4 is 16.9 Å². The molecular formula is C25H26NO5-. The van der Waals surface area contributed by atoms with Gasteiger partial charge >= 0.3 is 0 Å². The molecule has 4 rings (SSSR count). The van der Waals surface area contributed by atoms with Crippen molar-refractivity contribution in [1.82, 2.24) is 4.90 Å². The van der Waals surface area contributed by atoms with Gasteiger partial charge in [0.25, 0.3) is 0 Å². The zero-order chi connectivity index (χ0) is 21.8. The Kier molecular flexibility index (Phi) is 6.39. The summed E-state index contributed by atoms with van der Waals surface area (Å²) in [6.45, 7) is 0.967. The van der Waals surface area contributed by atoms with Gasteiger partial charge in [-0.25, -0.2) is 0 Å². The van der Waals surface area contributed by atoms with Gasteiger partial charge in [0.05, 0.1) is 26.4 Å². The first-order valence-corrected chi connectivity index (χ1v) is 10.4. The van der Waals surface area contributed by atoms with E-state index in [9.17, 15) is 15.0 Å². The van der Waals surface area contributed by atoms with Crippen LogP contribution >= 0.6 is 0 Å². The number of piperidine rings is 1. The Morgan fingerprint density at radius 3 is 2.61 bits per heavy atom. The molecule has 2 atom stereocenters. The van der Waals surface area contributed by atoms with Crippen molar-refractivity contribution in [2.45, 2.75) is 31.7 Å². The fourth-order valence-corrected chi connectivity index (χ4v) is 4.34. The number of carbonyl (C=O) groups excluding carboxylic acids is 1. The number of hydrogen-bond donors (Lipinski definition) is 1. The molecule has 3 aromatic rings. The van der Waals surface area contributed by atoms with E-state index < -0.39 is 6.09 Å². The minimum absolute atomic E-state index is 0.00883. The minimum Gasteiger partial charge on any atom is -0.530 e. The molecule has 3 aromatic carbocycles. The van der Waals surface area contributed by atoms with Crippen molar-refractivity contribution in [1.29, 1.82) is 0 Å². The molecule has 31 heavy (non-hydrogen) atoms. The van der Waals surface area contributed by atoms with Gasteiger partial charge in [-0.1, -0.05) is 60.7 Å². The molecule has 1 amide bonds. The second-order valence-corrected chi connectivity index (χ2v) is 7.84. The van der Waals surface area contributed by atoms with Crippen molar-refractivity contribution in [2.75, 3.05) is 20.2 Å². The summed E-state index contributed by atoms with van der Waals surface area (Å²) in [6.07, 6.45) is -0.847. The van der Waals surface area contributed by atoms with E-state index >= 15 is 0 Å². The van der Waals surface area contributed by atoms with Gasteiger partial charge in [0, 0.05) is 30.0 Å². The summed E-state index contributed by atoms with van der Waals surface area (Å²) in [5.74, 6) is 0.823. The second-order valence-electron chi connectivity index (χ2n) is 7.84. The van der Waals surface area contributed by atoms with E-state index in [1.165, 1.54) is 4.90 Å². The summed E-state index contributed by atoms with van der Waals surface area (Å²) < 4.78 is 12.0. The number of rotatable bonds is 6. The van der Waals surface area contributed by atoms with Crippen LogP contribution < -0.4 is 9.84 Å². The van der Waals surface area contributed by atoms with Gasteiger partial charge in [-0.05, 0) is 22.9 Å². The summed E-state index contributed by atoms with van der Waals surface area (Å²) >= 11 is 0. The maximum atomic E-state index is 11.5. The normalized spacial score (nSPS) is 18.8. The zero-order valence-corrected chi connectivity index (χ0v) is 17.5. The monoisotopic (exact) mass is 420 g/mol. The van der Waals surface area contributed by atoms with E-state index in [-0.39, 0.29) is 25.2 Å². The van der Waals surface area contributed by atoms with Crippen molar-refractivity contribution < 1.29 is 24.5 Å². The lowest BCUT2D eigenvalue weighted by atomic mass is 9.86. The highest BCUT2D eigenvalue weighted by molar-refractivity contribution is 5.89. The first kappa shape index (κ1) is 21.2. The van der Waals surface area contributed by atoms with Crippen LogP contribution in [-0.2, 0) is 18.0 Å². The van der Waals surface area contributed by atoms with Crippen LogP contribution in [0.3, 0.4) is 0 Å². The lowest BCUT2D eigenvalue weighted by Gasteiger charge is -2.40. The van der Waals surface area contributed by atoms with E-state index in [1.54, 1.807) is 7.11 Å². The Balaban J connectivity index is 1.58. The van der Waals surface area contributed by atoms with E-state index in [0.29, 0.717) is 19.6 Å². The fraction of sp³-hybridized carbons (Fsp3) is 0.320. The van der Waals surface area contributed by atoms with Crippen molar-refractivity contribution in [3.8, 4) is 5.75 Å². The molecule has 2 unspecified atom stereocenters. The molecule has 1 aliphatic rings. The van der Waals surface area contributed by atoms with Gasteiger partial charge < -0.3 is 29.4 Å². The standard InChI is InChI=1S/C25H27NO5/c1-30-24-20(11-10-18-4-2-3-5-22(18)24)16-31-23-14-26(25(28)29)13-12-21(23)19-8-6-17(15-27)7-9-19/h2-11,21,23,27H,12-16H2,1H3,(H,28,29)/p-1. The average molecular weight is 420 g/mol. The van der Waals surface area contributed by atoms with Crippen molar-refractivity contribution in [3.63, 3.8) is 0 Å². The number of fused-ring (bicyclic) bond motifs is 1. The molecule has 6 heteroatoms. The third-order valence-corrected chi connectivity index (χ3v) is 6.03. The van der Waals surface area contributed by atoms with Crippen molar-refractivity contribution in [3.05, 3.63) is 77.4 Å². The van der Waals surface area contributed by atoms with Crippen LogP contribution in [0.2, 0.25) is 0 Å². The van der Waals surface area contributed by atoms with Crippen LogP contribution in [0, 0.1) is 0 Å². The quantitative estimate of drug-likeness (QED) is 0.663. The molecule has 1 heterocycles. The summed E-state index contributed by atoms with van der Waals surface area (Å²) in [5, 5.41) is 22.9. The molecule has 0 saturated carbocycles. The number of carboxylic acid groups (broad SMARTS) is 1. The largest absolute Gasteiger partial charge is 0.530 e. The van der Waals surface area contributed by atoms with Gasteiger partial charge in [-0.3, -0.25) is 0 Å². The number of likely N-dealkylation sites (tertiary alicyclic amines) is 1. The predicted octanol–water partition coefficient (Wildman–Crippen LogP) is 3.06. The molecule has 0 radical (unpaired) electrons. The molecule has 0 aromatic heterocycles. The molecule has 1 saturated heterocycles. The number of methoxy groups -OCH3 is 1. The molecule has 1 N–H and O–H groups in total. The Morgan fingerprint density at radius 1 is 1.13 bits per heavy atom. The van der Waals surface area contributed by atoms with Crippen LogP contribution in [-0.4, -0.2) is 42.4 Å². The van der Waals surface area contributed by atoms with E-state index in [1.807, 2.05) is 60.7 Å². The Labute approximate surface area is 181 Å². The van der Waals surface area contributed by atoms with Crippen LogP contribution in [0.5, 0.6) is 5.75 Å². The number of benzene rings is 3. The molecule has 0 aliphatic carbocycles. The van der Waals surface area contributed by atoms with Crippen LogP contribution in [0.15, 0.2) is 60.7 Å². The molecule has 1 fully saturated rings. The molecule has 0 bridgehead atoms. The van der Waals surface area contributed by atoms with Gasteiger partial charge in [-0.2, -0.15) is 0 Å². The maximum absolute atomic E-state index is 11.5. The molecule has 0 spiro atoms. The number of nitrogens with zero attached hydrogens (tertiary/aromatic N) is 1. The molecule has 162 valence electrons. The Morgan fingerprint density at radius 2 is 1.90 bits per heavy atom. The summed E-state index contributed by atoms with van der Waals surface area (Å²) in [4.78, 5) is 12.8. The first-order chi connectivity index (χ1) is 15.1. The number of carbonyl (C=O) groups is 1. The topological polar surface area (TPSA) is 82.1 Å². The lowest BCUT2D eigenvalue weighted by Crippen LogP contribution is -2.51. The van der Waals surface area contributed by atoms with Crippen molar-refractivity contribution in [2.24, 2.45) is 0 Å². The highest BCUT2D eigenvalue weighted by atomic mass is 16.5. The highest BCUT2D eigenvalue weighted by Gasteiger charge is 2.31. The minimum atomic E-state index is -1.18. The van der Waals surface area contributed by atoms with Gasteiger partial charge in [-0.15, -0.1) is 0 Å². The zero-order valence-electron chi connectivity index (χ0n) is 17.5. The predicted molar refractivity (Wildman–Crippen MR) is 116 cm³/mol.